The van der Waals surface area contributed by atoms with Crippen molar-refractivity contribution in [2.24, 2.45) is 5.92 Å². The fourth-order valence-electron chi connectivity index (χ4n) is 6.42. The predicted octanol–water partition coefficient (Wildman–Crippen LogP) is 8.85. The fourth-order valence-corrected chi connectivity index (χ4v) is 6.42. The van der Waals surface area contributed by atoms with E-state index < -0.39 is 5.54 Å². The topological polar surface area (TPSA) is 61.4 Å². The van der Waals surface area contributed by atoms with E-state index in [2.05, 4.69) is 17.6 Å². The molecule has 2 rings (SSSR count). The van der Waals surface area contributed by atoms with Crippen molar-refractivity contribution in [1.29, 1.82) is 0 Å². The molecule has 5 heteroatoms. The Morgan fingerprint density at radius 3 is 1.68 bits per heavy atom. The van der Waals surface area contributed by atoms with E-state index in [4.69, 9.17) is 0 Å². The highest BCUT2D eigenvalue weighted by Crippen LogP contribution is 2.35. The molecular weight excluding hydrogens is 458 g/mol. The third-order valence-corrected chi connectivity index (χ3v) is 9.03. The molecule has 37 heavy (non-hydrogen) atoms. The van der Waals surface area contributed by atoms with Gasteiger partial charge in [0.1, 0.15) is 5.54 Å². The lowest BCUT2D eigenvalue weighted by Crippen LogP contribution is -2.52. The lowest BCUT2D eigenvalue weighted by Gasteiger charge is -2.33. The predicted molar refractivity (Wildman–Crippen MR) is 157 cm³/mol. The Morgan fingerprint density at radius 2 is 1.19 bits per heavy atom. The molecule has 0 aromatic rings. The summed E-state index contributed by atoms with van der Waals surface area (Å²) in [7, 11) is 0. The second-order valence-corrected chi connectivity index (χ2v) is 12.3. The number of carbonyl (C=O) groups excluding carboxylic acids is 2. The smallest absolute Gasteiger partial charge is 0.323 e. The lowest BCUT2D eigenvalue weighted by atomic mass is 9.77. The van der Waals surface area contributed by atoms with Gasteiger partial charge in [-0.3, -0.25) is 10.1 Å². The number of nitrogens with zero attached hydrogens (tertiary/aromatic N) is 1. The molecule has 0 aromatic heterocycles. The molecule has 1 saturated carbocycles. The quantitative estimate of drug-likeness (QED) is 0.125. The van der Waals surface area contributed by atoms with Crippen LogP contribution in [0, 0.1) is 5.92 Å². The maximum atomic E-state index is 13.4. The van der Waals surface area contributed by atoms with Crippen LogP contribution in [-0.4, -0.2) is 35.1 Å². The summed E-state index contributed by atoms with van der Waals surface area (Å²) in [5.74, 6) is 0.219. The highest BCUT2D eigenvalue weighted by atomic mass is 16.2. The Morgan fingerprint density at radius 1 is 0.757 bits per heavy atom. The molecule has 2 N–H and O–H groups in total. The summed E-state index contributed by atoms with van der Waals surface area (Å²) in [4.78, 5) is 27.6. The van der Waals surface area contributed by atoms with E-state index in [1.807, 2.05) is 13.8 Å². The van der Waals surface area contributed by atoms with Crippen LogP contribution in [0.1, 0.15) is 168 Å². The van der Waals surface area contributed by atoms with Crippen LogP contribution in [0.15, 0.2) is 0 Å². The van der Waals surface area contributed by atoms with E-state index in [1.165, 1.54) is 120 Å². The maximum absolute atomic E-state index is 13.4. The number of hydrogen-bond acceptors (Lipinski definition) is 3. The fraction of sp³-hybridized carbons (Fsp3) is 0.938. The molecule has 1 saturated heterocycles. The first-order valence-electron chi connectivity index (χ1n) is 16.4. The standard InChI is InChI=1S/C32H61N3O2/c1-4-5-6-7-8-9-10-11-12-13-14-15-16-17-21-24-27-33-28(2)35-30(36)32(3,34-31(35)37)29-25-22-19-18-20-23-26-29/h28-29,33H,4-27H2,1-3H3,(H,34,37). The van der Waals surface area contributed by atoms with Crippen molar-refractivity contribution in [3.63, 3.8) is 0 Å². The molecule has 2 unspecified atom stereocenters. The number of rotatable bonds is 20. The van der Waals surface area contributed by atoms with Gasteiger partial charge in [0.2, 0.25) is 0 Å². The average Bonchev–Trinajstić information content (AvgIpc) is 3.09. The summed E-state index contributed by atoms with van der Waals surface area (Å²) in [6.07, 6.45) is 29.8. The first kappa shape index (κ1) is 32.1. The van der Waals surface area contributed by atoms with Gasteiger partial charge < -0.3 is 5.32 Å². The van der Waals surface area contributed by atoms with Crippen LogP contribution >= 0.6 is 0 Å². The van der Waals surface area contributed by atoms with Crippen molar-refractivity contribution in [3.05, 3.63) is 0 Å². The van der Waals surface area contributed by atoms with E-state index in [9.17, 15) is 9.59 Å². The van der Waals surface area contributed by atoms with Crippen LogP contribution in [0.25, 0.3) is 0 Å². The van der Waals surface area contributed by atoms with E-state index in [-0.39, 0.29) is 24.0 Å². The van der Waals surface area contributed by atoms with Gasteiger partial charge >= 0.3 is 6.03 Å². The summed E-state index contributed by atoms with van der Waals surface area (Å²) < 4.78 is 0. The summed E-state index contributed by atoms with van der Waals surface area (Å²) >= 11 is 0. The highest BCUT2D eigenvalue weighted by molar-refractivity contribution is 6.07. The molecule has 1 heterocycles. The van der Waals surface area contributed by atoms with Gasteiger partial charge in [-0.1, -0.05) is 135 Å². The number of imide groups is 1. The van der Waals surface area contributed by atoms with Gasteiger partial charge in [-0.05, 0) is 45.6 Å². The Kier molecular flexibility index (Phi) is 16.5. The van der Waals surface area contributed by atoms with Gasteiger partial charge in [-0.15, -0.1) is 0 Å². The Bertz CT molecular complexity index is 617. The van der Waals surface area contributed by atoms with Crippen molar-refractivity contribution in [2.45, 2.75) is 180 Å². The molecule has 3 amide bonds. The molecule has 1 aliphatic carbocycles. The second kappa shape index (κ2) is 19.0. The molecule has 0 aromatic carbocycles. The zero-order valence-electron chi connectivity index (χ0n) is 24.9. The van der Waals surface area contributed by atoms with Crippen LogP contribution in [0.3, 0.4) is 0 Å². The van der Waals surface area contributed by atoms with Crippen molar-refractivity contribution in [2.75, 3.05) is 6.54 Å². The van der Waals surface area contributed by atoms with Gasteiger partial charge in [0.25, 0.3) is 5.91 Å². The summed E-state index contributed by atoms with van der Waals surface area (Å²) in [6.45, 7) is 7.06. The molecule has 2 atom stereocenters. The molecule has 5 nitrogen and oxygen atoms in total. The average molecular weight is 520 g/mol. The van der Waals surface area contributed by atoms with Gasteiger partial charge in [0.15, 0.2) is 0 Å². The van der Waals surface area contributed by atoms with Crippen molar-refractivity contribution >= 4 is 11.9 Å². The van der Waals surface area contributed by atoms with E-state index in [0.29, 0.717) is 0 Å². The van der Waals surface area contributed by atoms with Crippen molar-refractivity contribution in [3.8, 4) is 0 Å². The van der Waals surface area contributed by atoms with E-state index >= 15 is 0 Å². The summed E-state index contributed by atoms with van der Waals surface area (Å²) in [5, 5.41) is 6.53. The number of amides is 3. The molecule has 1 aliphatic heterocycles. The van der Waals surface area contributed by atoms with Crippen LogP contribution in [0.2, 0.25) is 0 Å². The molecule has 2 fully saturated rings. The first-order chi connectivity index (χ1) is 18.0. The van der Waals surface area contributed by atoms with Crippen LogP contribution in [0.4, 0.5) is 4.79 Å². The molecule has 2 aliphatic rings. The minimum absolute atomic E-state index is 0.0324. The third-order valence-electron chi connectivity index (χ3n) is 9.03. The number of unbranched alkanes of at least 4 members (excludes halogenated alkanes) is 15. The highest BCUT2D eigenvalue weighted by Gasteiger charge is 2.53. The minimum atomic E-state index is -0.737. The van der Waals surface area contributed by atoms with Crippen molar-refractivity contribution in [1.82, 2.24) is 15.5 Å². The van der Waals surface area contributed by atoms with Crippen LogP contribution < -0.4 is 10.6 Å². The number of urea groups is 1. The number of carbonyl (C=O) groups is 2. The van der Waals surface area contributed by atoms with Gasteiger partial charge in [0.05, 0.1) is 6.17 Å². The Labute approximate surface area is 229 Å². The summed E-state index contributed by atoms with van der Waals surface area (Å²) in [6, 6.07) is -0.221. The number of hydrogen-bond donors (Lipinski definition) is 2. The lowest BCUT2D eigenvalue weighted by molar-refractivity contribution is -0.134. The van der Waals surface area contributed by atoms with E-state index in [1.54, 1.807) is 0 Å². The molecular formula is C32H61N3O2. The van der Waals surface area contributed by atoms with Gasteiger partial charge in [-0.2, -0.15) is 0 Å². The first-order valence-corrected chi connectivity index (χ1v) is 16.4. The van der Waals surface area contributed by atoms with Gasteiger partial charge in [-0.25, -0.2) is 9.69 Å². The monoisotopic (exact) mass is 519 g/mol. The van der Waals surface area contributed by atoms with Crippen LogP contribution in [-0.2, 0) is 4.79 Å². The molecule has 0 spiro atoms. The van der Waals surface area contributed by atoms with Crippen molar-refractivity contribution < 1.29 is 9.59 Å². The zero-order valence-corrected chi connectivity index (χ0v) is 24.9. The Hall–Kier alpha value is -1.10. The molecule has 216 valence electrons. The second-order valence-electron chi connectivity index (χ2n) is 12.3. The molecule has 0 radical (unpaired) electrons. The minimum Gasteiger partial charge on any atom is -0.323 e. The largest absolute Gasteiger partial charge is 0.326 e. The van der Waals surface area contributed by atoms with Crippen LogP contribution in [0.5, 0.6) is 0 Å². The maximum Gasteiger partial charge on any atom is 0.326 e. The van der Waals surface area contributed by atoms with E-state index in [0.717, 1.165) is 38.6 Å². The normalized spacial score (nSPS) is 22.2. The Balaban J connectivity index is 1.48. The summed E-state index contributed by atoms with van der Waals surface area (Å²) in [5.41, 5.74) is -0.737. The SMILES string of the molecule is CCCCCCCCCCCCCCCCCCNC(C)N1C(=O)NC(C)(C2CCCCCCC2)C1=O. The zero-order chi connectivity index (χ0) is 26.8. The number of nitrogens with one attached hydrogen (secondary N) is 2. The third kappa shape index (κ3) is 11.7. The molecule has 0 bridgehead atoms. The van der Waals surface area contributed by atoms with Gasteiger partial charge in [0, 0.05) is 0 Å².